The molecule has 0 bridgehead atoms. The van der Waals surface area contributed by atoms with E-state index >= 15 is 0 Å². The van der Waals surface area contributed by atoms with Crippen LogP contribution in [0.2, 0.25) is 0 Å². The average Bonchev–Trinajstić information content (AvgIpc) is 2.20. The summed E-state index contributed by atoms with van der Waals surface area (Å²) in [5, 5.41) is 0. The normalized spacial score (nSPS) is 10.2. The zero-order valence-electron chi connectivity index (χ0n) is 8.11. The zero-order valence-corrected chi connectivity index (χ0v) is 9.70. The maximum absolute atomic E-state index is 5.53. The van der Waals surface area contributed by atoms with Crippen molar-refractivity contribution in [1.29, 1.82) is 0 Å². The number of nitrogens with zero attached hydrogens (tertiary/aromatic N) is 1. The lowest BCUT2D eigenvalue weighted by Crippen LogP contribution is -1.97. The van der Waals surface area contributed by atoms with Crippen LogP contribution in [-0.2, 0) is 0 Å². The van der Waals surface area contributed by atoms with E-state index in [-0.39, 0.29) is 0 Å². The average molecular weight is 267 g/mol. The molecule has 15 heavy (non-hydrogen) atoms. The Kier molecular flexibility index (Phi) is 4.12. The van der Waals surface area contributed by atoms with Gasteiger partial charge in [-0.1, -0.05) is 25.3 Å². The van der Waals surface area contributed by atoms with Gasteiger partial charge in [0.15, 0.2) is 0 Å². The number of allylic oxidation sites excluding steroid dienone is 3. The summed E-state index contributed by atoms with van der Waals surface area (Å²) in [7, 11) is 0. The molecule has 0 atom stereocenters. The highest BCUT2D eigenvalue weighted by atomic mass is 79.9. The Labute approximate surface area is 97.1 Å². The number of pyridine rings is 1. The third-order valence-corrected chi connectivity index (χ3v) is 2.08. The Hall–Kier alpha value is -1.55. The molecule has 0 aliphatic rings. The number of nitrogens with two attached hydrogens (primary N) is 1. The monoisotopic (exact) mass is 266 g/mol. The second kappa shape index (κ2) is 5.36. The van der Waals surface area contributed by atoms with Crippen LogP contribution in [0.25, 0.3) is 0 Å². The molecule has 0 unspecified atom stereocenters. The van der Waals surface area contributed by atoms with Crippen LogP contribution in [-0.4, -0.2) is 4.98 Å². The fourth-order valence-electron chi connectivity index (χ4n) is 0.843. The second-order valence-corrected chi connectivity index (χ2v) is 3.54. The van der Waals surface area contributed by atoms with Crippen LogP contribution in [0.5, 0.6) is 5.88 Å². The summed E-state index contributed by atoms with van der Waals surface area (Å²) in [5.41, 5.74) is 5.53. The molecule has 0 aliphatic heterocycles. The van der Waals surface area contributed by atoms with E-state index in [4.69, 9.17) is 10.5 Å². The van der Waals surface area contributed by atoms with E-state index in [9.17, 15) is 0 Å². The molecule has 0 aromatic carbocycles. The van der Waals surface area contributed by atoms with Crippen LogP contribution in [0, 0.1) is 0 Å². The van der Waals surface area contributed by atoms with Crippen LogP contribution in [0.15, 0.2) is 53.8 Å². The number of hydrogen-bond donors (Lipinski definition) is 1. The molecule has 78 valence electrons. The van der Waals surface area contributed by atoms with Gasteiger partial charge < -0.3 is 10.5 Å². The van der Waals surface area contributed by atoms with Crippen molar-refractivity contribution in [2.45, 2.75) is 0 Å². The Bertz CT molecular complexity index is 413. The predicted molar refractivity (Wildman–Crippen MR) is 65.5 cm³/mol. The van der Waals surface area contributed by atoms with Crippen molar-refractivity contribution in [1.82, 2.24) is 4.98 Å². The van der Waals surface area contributed by atoms with Gasteiger partial charge in [-0.05, 0) is 34.1 Å². The first-order chi connectivity index (χ1) is 7.13. The van der Waals surface area contributed by atoms with Gasteiger partial charge in [-0.2, -0.15) is 4.98 Å². The largest absolute Gasteiger partial charge is 0.438 e. The SMILES string of the molecule is C=C/C=C\C(=C)Oc1nc(N)ccc1Br. The van der Waals surface area contributed by atoms with E-state index in [1.54, 1.807) is 30.4 Å². The molecule has 0 amide bonds. The Morgan fingerprint density at radius 3 is 2.93 bits per heavy atom. The van der Waals surface area contributed by atoms with Crippen molar-refractivity contribution in [2.75, 3.05) is 5.73 Å². The minimum absolute atomic E-state index is 0.397. The van der Waals surface area contributed by atoms with Gasteiger partial charge in [-0.15, -0.1) is 0 Å². The molecule has 0 saturated heterocycles. The Morgan fingerprint density at radius 2 is 2.27 bits per heavy atom. The van der Waals surface area contributed by atoms with Crippen LogP contribution < -0.4 is 10.5 Å². The molecule has 2 N–H and O–H groups in total. The lowest BCUT2D eigenvalue weighted by molar-refractivity contribution is 0.427. The first kappa shape index (κ1) is 11.5. The molecule has 1 aromatic heterocycles. The molecule has 3 nitrogen and oxygen atoms in total. The van der Waals surface area contributed by atoms with Crippen molar-refractivity contribution < 1.29 is 4.74 Å². The molecular formula is C11H11BrN2O. The number of aromatic nitrogens is 1. The van der Waals surface area contributed by atoms with E-state index in [1.807, 2.05) is 0 Å². The molecule has 1 rings (SSSR count). The van der Waals surface area contributed by atoms with E-state index < -0.39 is 0 Å². The van der Waals surface area contributed by atoms with Crippen molar-refractivity contribution in [3.63, 3.8) is 0 Å². The summed E-state index contributed by atoms with van der Waals surface area (Å²) >= 11 is 3.30. The van der Waals surface area contributed by atoms with Gasteiger partial charge in [0.1, 0.15) is 11.6 Å². The van der Waals surface area contributed by atoms with E-state index in [0.717, 1.165) is 4.47 Å². The fourth-order valence-corrected chi connectivity index (χ4v) is 1.14. The van der Waals surface area contributed by atoms with E-state index in [0.29, 0.717) is 17.5 Å². The molecule has 0 spiro atoms. The van der Waals surface area contributed by atoms with Crippen LogP contribution in [0.3, 0.4) is 0 Å². The zero-order chi connectivity index (χ0) is 11.3. The van der Waals surface area contributed by atoms with Gasteiger partial charge >= 0.3 is 0 Å². The van der Waals surface area contributed by atoms with Gasteiger partial charge in [-0.3, -0.25) is 0 Å². The van der Waals surface area contributed by atoms with Gasteiger partial charge in [-0.25, -0.2) is 0 Å². The molecule has 0 aliphatic carbocycles. The lowest BCUT2D eigenvalue weighted by atomic mass is 10.4. The first-order valence-corrected chi connectivity index (χ1v) is 5.00. The molecule has 1 heterocycles. The summed E-state index contributed by atoms with van der Waals surface area (Å²) in [4.78, 5) is 4.01. The molecular weight excluding hydrogens is 256 g/mol. The van der Waals surface area contributed by atoms with Crippen molar-refractivity contribution in [3.8, 4) is 5.88 Å². The number of nitrogen functional groups attached to an aromatic ring is 1. The molecule has 1 aromatic rings. The van der Waals surface area contributed by atoms with Crippen LogP contribution in [0.1, 0.15) is 0 Å². The third-order valence-electron chi connectivity index (χ3n) is 1.48. The van der Waals surface area contributed by atoms with Gasteiger partial charge in [0, 0.05) is 0 Å². The number of anilines is 1. The van der Waals surface area contributed by atoms with Crippen molar-refractivity contribution >= 4 is 21.7 Å². The van der Waals surface area contributed by atoms with Gasteiger partial charge in [0.05, 0.1) is 4.47 Å². The maximum Gasteiger partial charge on any atom is 0.235 e. The number of ether oxygens (including phenoxy) is 1. The summed E-state index contributed by atoms with van der Waals surface area (Å²) in [6.45, 7) is 7.24. The summed E-state index contributed by atoms with van der Waals surface area (Å²) < 4.78 is 6.09. The highest BCUT2D eigenvalue weighted by Crippen LogP contribution is 2.24. The number of rotatable bonds is 4. The van der Waals surface area contributed by atoms with Gasteiger partial charge in [0.2, 0.25) is 5.88 Å². The topological polar surface area (TPSA) is 48.1 Å². The number of halogens is 1. The highest BCUT2D eigenvalue weighted by Gasteiger charge is 2.03. The van der Waals surface area contributed by atoms with E-state index in [1.165, 1.54) is 0 Å². The van der Waals surface area contributed by atoms with Gasteiger partial charge in [0.25, 0.3) is 0 Å². The standard InChI is InChI=1S/C11H11BrN2O/c1-3-4-5-8(2)15-11-9(12)6-7-10(13)14-11/h3-7H,1-2H2,(H2,13,14)/b5-4-. The minimum Gasteiger partial charge on any atom is -0.438 e. The Balaban J connectivity index is 2.80. The summed E-state index contributed by atoms with van der Waals surface area (Å²) in [6, 6.07) is 3.45. The maximum atomic E-state index is 5.53. The predicted octanol–water partition coefficient (Wildman–Crippen LogP) is 3.06. The van der Waals surface area contributed by atoms with Crippen molar-refractivity contribution in [2.24, 2.45) is 0 Å². The molecule has 0 saturated carbocycles. The Morgan fingerprint density at radius 1 is 1.53 bits per heavy atom. The second-order valence-electron chi connectivity index (χ2n) is 2.69. The summed E-state index contributed by atoms with van der Waals surface area (Å²) in [6.07, 6.45) is 5.04. The molecule has 0 radical (unpaired) electrons. The van der Waals surface area contributed by atoms with Crippen molar-refractivity contribution in [3.05, 3.63) is 53.8 Å². The van der Waals surface area contributed by atoms with E-state index in [2.05, 4.69) is 34.1 Å². The highest BCUT2D eigenvalue weighted by molar-refractivity contribution is 9.10. The minimum atomic E-state index is 0.397. The van der Waals surface area contributed by atoms with Crippen LogP contribution >= 0.6 is 15.9 Å². The molecule has 4 heteroatoms. The number of hydrogen-bond acceptors (Lipinski definition) is 3. The quantitative estimate of drug-likeness (QED) is 0.673. The smallest absolute Gasteiger partial charge is 0.235 e. The first-order valence-electron chi connectivity index (χ1n) is 4.21. The summed E-state index contributed by atoms with van der Waals surface area (Å²) in [5.74, 6) is 1.26. The fraction of sp³-hybridized carbons (Fsp3) is 0. The third kappa shape index (κ3) is 3.59. The molecule has 0 fully saturated rings. The van der Waals surface area contributed by atoms with Crippen LogP contribution in [0.4, 0.5) is 5.82 Å². The lowest BCUT2D eigenvalue weighted by Gasteiger charge is -2.06.